The lowest BCUT2D eigenvalue weighted by molar-refractivity contribution is 0.669. The lowest BCUT2D eigenvalue weighted by Crippen LogP contribution is -2.10. The van der Waals surface area contributed by atoms with Crippen LogP contribution in [0, 0.1) is 0 Å². The zero-order valence-electron chi connectivity index (χ0n) is 29.8. The van der Waals surface area contributed by atoms with Crippen molar-refractivity contribution in [3.63, 3.8) is 0 Å². The summed E-state index contributed by atoms with van der Waals surface area (Å²) in [6, 6.07) is 72.3. The van der Waals surface area contributed by atoms with Crippen LogP contribution in [0.4, 0.5) is 17.1 Å². The van der Waals surface area contributed by atoms with Crippen LogP contribution in [-0.4, -0.2) is 0 Å². The highest BCUT2D eigenvalue weighted by molar-refractivity contribution is 7.26. The lowest BCUT2D eigenvalue weighted by atomic mass is 9.93. The van der Waals surface area contributed by atoms with E-state index in [0.717, 1.165) is 50.1 Å². The van der Waals surface area contributed by atoms with E-state index in [1.54, 1.807) is 0 Å². The third-order valence-electron chi connectivity index (χ3n) is 10.9. The maximum Gasteiger partial charge on any atom is 0.136 e. The number of thiophene rings is 1. The summed E-state index contributed by atoms with van der Waals surface area (Å²) in [5, 5.41) is 7.32. The molecule has 0 atom stereocenters. The quantitative estimate of drug-likeness (QED) is 0.170. The van der Waals surface area contributed by atoms with Gasteiger partial charge in [0, 0.05) is 37.6 Å². The van der Waals surface area contributed by atoms with Gasteiger partial charge in [-0.1, -0.05) is 146 Å². The molecule has 2 nitrogen and oxygen atoms in total. The molecule has 2 aromatic heterocycles. The van der Waals surface area contributed by atoms with Crippen LogP contribution in [0.5, 0.6) is 0 Å². The molecule has 55 heavy (non-hydrogen) atoms. The van der Waals surface area contributed by atoms with Gasteiger partial charge < -0.3 is 9.32 Å². The molecule has 0 aliphatic carbocycles. The molecular weight excluding hydrogens is 687 g/mol. The van der Waals surface area contributed by atoms with Crippen LogP contribution in [-0.2, 0) is 0 Å². The van der Waals surface area contributed by atoms with Crippen LogP contribution >= 0.6 is 11.3 Å². The Morgan fingerprint density at radius 1 is 0.364 bits per heavy atom. The Kier molecular flexibility index (Phi) is 7.39. The van der Waals surface area contributed by atoms with Crippen molar-refractivity contribution in [2.24, 2.45) is 0 Å². The van der Waals surface area contributed by atoms with Crippen molar-refractivity contribution in [1.82, 2.24) is 0 Å². The Morgan fingerprint density at radius 3 is 1.91 bits per heavy atom. The van der Waals surface area contributed by atoms with Crippen LogP contribution in [0.2, 0.25) is 0 Å². The molecule has 3 heteroatoms. The molecule has 0 radical (unpaired) electrons. The monoisotopic (exact) mass is 719 g/mol. The summed E-state index contributed by atoms with van der Waals surface area (Å²) in [6.07, 6.45) is 0. The van der Waals surface area contributed by atoms with Crippen LogP contribution < -0.4 is 4.90 Å². The summed E-state index contributed by atoms with van der Waals surface area (Å²) in [6.45, 7) is 0. The second-order valence-corrected chi connectivity index (χ2v) is 15.1. The molecule has 0 saturated carbocycles. The fraction of sp³-hybridized carbons (Fsp3) is 0. The molecule has 0 saturated heterocycles. The van der Waals surface area contributed by atoms with Crippen LogP contribution in [0.15, 0.2) is 205 Å². The molecule has 0 amide bonds. The summed E-state index contributed by atoms with van der Waals surface area (Å²) < 4.78 is 8.97. The zero-order valence-corrected chi connectivity index (χ0v) is 30.6. The number of fused-ring (bicyclic) bond motifs is 7. The van der Waals surface area contributed by atoms with E-state index in [-0.39, 0.29) is 0 Å². The van der Waals surface area contributed by atoms with Crippen molar-refractivity contribution in [2.45, 2.75) is 0 Å². The maximum absolute atomic E-state index is 6.42. The molecule has 0 aliphatic heterocycles. The number of para-hydroxylation sites is 1. The number of furan rings is 1. The number of hydrogen-bond donors (Lipinski definition) is 0. The van der Waals surface area contributed by atoms with Crippen LogP contribution in [0.3, 0.4) is 0 Å². The van der Waals surface area contributed by atoms with Gasteiger partial charge in [-0.25, -0.2) is 0 Å². The lowest BCUT2D eigenvalue weighted by Gasteiger charge is -2.27. The number of hydrogen-bond acceptors (Lipinski definition) is 3. The normalized spacial score (nSPS) is 11.6. The van der Waals surface area contributed by atoms with E-state index in [0.29, 0.717) is 0 Å². The Balaban J connectivity index is 1.13. The maximum atomic E-state index is 6.42. The predicted octanol–water partition coefficient (Wildman–Crippen LogP) is 15.6. The van der Waals surface area contributed by atoms with Gasteiger partial charge in [-0.3, -0.25) is 0 Å². The third-order valence-corrected chi connectivity index (χ3v) is 12.1. The number of nitrogens with zero attached hydrogens (tertiary/aromatic N) is 1. The Hall–Kier alpha value is -6.94. The van der Waals surface area contributed by atoms with E-state index in [1.165, 1.54) is 53.2 Å². The predicted molar refractivity (Wildman–Crippen MR) is 235 cm³/mol. The summed E-state index contributed by atoms with van der Waals surface area (Å²) in [5.41, 5.74) is 12.2. The fourth-order valence-electron chi connectivity index (χ4n) is 8.28. The van der Waals surface area contributed by atoms with Gasteiger partial charge in [0.25, 0.3) is 0 Å². The Labute approximate surface area is 322 Å². The van der Waals surface area contributed by atoms with Gasteiger partial charge in [0.05, 0.1) is 10.4 Å². The molecule has 11 aromatic rings. The van der Waals surface area contributed by atoms with Gasteiger partial charge in [0.15, 0.2) is 0 Å². The van der Waals surface area contributed by atoms with E-state index >= 15 is 0 Å². The van der Waals surface area contributed by atoms with Crippen molar-refractivity contribution in [3.05, 3.63) is 200 Å². The molecule has 0 unspecified atom stereocenters. The smallest absolute Gasteiger partial charge is 0.136 e. The molecular formula is C52H33NOS. The van der Waals surface area contributed by atoms with Crippen LogP contribution in [0.1, 0.15) is 0 Å². The van der Waals surface area contributed by atoms with Crippen molar-refractivity contribution in [2.75, 3.05) is 4.90 Å². The highest BCUT2D eigenvalue weighted by Gasteiger charge is 2.21. The average molecular weight is 720 g/mol. The van der Waals surface area contributed by atoms with Crippen molar-refractivity contribution >= 4 is 81.3 Å². The molecule has 258 valence electrons. The average Bonchev–Trinajstić information content (AvgIpc) is 3.83. The van der Waals surface area contributed by atoms with Gasteiger partial charge in [0.2, 0.25) is 0 Å². The molecule has 9 aromatic carbocycles. The highest BCUT2D eigenvalue weighted by atomic mass is 32.1. The zero-order chi connectivity index (χ0) is 36.3. The minimum absolute atomic E-state index is 0.888. The Bertz CT molecular complexity index is 3200. The third kappa shape index (κ3) is 5.32. The summed E-state index contributed by atoms with van der Waals surface area (Å²) in [7, 11) is 0. The fourth-order valence-corrected chi connectivity index (χ4v) is 9.48. The molecule has 2 heterocycles. The molecule has 0 aliphatic rings. The summed E-state index contributed by atoms with van der Waals surface area (Å²) in [4.78, 5) is 2.43. The summed E-state index contributed by atoms with van der Waals surface area (Å²) >= 11 is 1.86. The number of benzene rings is 9. The van der Waals surface area contributed by atoms with E-state index in [1.807, 2.05) is 23.5 Å². The Morgan fingerprint density at radius 2 is 1.02 bits per heavy atom. The van der Waals surface area contributed by atoms with Gasteiger partial charge in [-0.15, -0.1) is 11.3 Å². The highest BCUT2D eigenvalue weighted by Crippen LogP contribution is 2.47. The van der Waals surface area contributed by atoms with Crippen molar-refractivity contribution in [1.29, 1.82) is 0 Å². The SMILES string of the molecule is c1ccc(-c2ccc(N(c3ccc(-c4cccc5ccccc45)cc3)c3cccc4c3sc3ccccc34)cc2-c2ccc3c(c2)oc2ccccc23)cc1. The largest absolute Gasteiger partial charge is 0.456 e. The minimum Gasteiger partial charge on any atom is -0.456 e. The van der Waals surface area contributed by atoms with Gasteiger partial charge in [-0.2, -0.15) is 0 Å². The van der Waals surface area contributed by atoms with E-state index < -0.39 is 0 Å². The standard InChI is InChI=1S/C52H33NOS/c1-2-12-34(13-3-1)42-31-29-39(33-47(42)37-26-30-44-43-17-6-8-22-49(43)54-50(44)32-37)53(48-21-11-20-46-45-18-7-9-23-51(45)55-52(46)48)38-27-24-36(25-28-38)41-19-10-15-35-14-4-5-16-40(35)41/h1-33H. The van der Waals surface area contributed by atoms with Gasteiger partial charge >= 0.3 is 0 Å². The first kappa shape index (κ1) is 31.6. The van der Waals surface area contributed by atoms with Crippen LogP contribution in [0.25, 0.3) is 86.3 Å². The second kappa shape index (κ2) is 12.9. The second-order valence-electron chi connectivity index (χ2n) is 14.1. The molecule has 11 rings (SSSR count). The molecule has 0 bridgehead atoms. The molecule has 0 spiro atoms. The van der Waals surface area contributed by atoms with Crippen molar-refractivity contribution < 1.29 is 4.42 Å². The number of anilines is 3. The van der Waals surface area contributed by atoms with Crippen molar-refractivity contribution in [3.8, 4) is 33.4 Å². The topological polar surface area (TPSA) is 16.4 Å². The first-order valence-electron chi connectivity index (χ1n) is 18.7. The van der Waals surface area contributed by atoms with E-state index in [2.05, 4.69) is 193 Å². The molecule has 0 N–H and O–H groups in total. The van der Waals surface area contributed by atoms with Gasteiger partial charge in [-0.05, 0) is 98.8 Å². The number of rotatable bonds is 6. The van der Waals surface area contributed by atoms with Gasteiger partial charge in [0.1, 0.15) is 11.2 Å². The first-order chi connectivity index (χ1) is 27.3. The molecule has 0 fully saturated rings. The van der Waals surface area contributed by atoms with E-state index in [9.17, 15) is 0 Å². The first-order valence-corrected chi connectivity index (χ1v) is 19.5. The van der Waals surface area contributed by atoms with E-state index in [4.69, 9.17) is 4.42 Å². The summed E-state index contributed by atoms with van der Waals surface area (Å²) in [5.74, 6) is 0. The minimum atomic E-state index is 0.888.